The van der Waals surface area contributed by atoms with Gasteiger partial charge in [-0.2, -0.15) is 0 Å². The Hall–Kier alpha value is -1.60. The zero-order valence-corrected chi connectivity index (χ0v) is 19.6. The van der Waals surface area contributed by atoms with E-state index in [1.165, 1.54) is 0 Å². The number of aryl methyl sites for hydroxylation is 1. The molecule has 29 heavy (non-hydrogen) atoms. The van der Waals surface area contributed by atoms with Crippen molar-refractivity contribution in [2.24, 2.45) is 0 Å². The van der Waals surface area contributed by atoms with E-state index in [2.05, 4.69) is 50.5 Å². The second kappa shape index (κ2) is 9.47. The zero-order chi connectivity index (χ0) is 21.7. The normalized spacial score (nSPS) is 16.6. The molecule has 4 nitrogen and oxygen atoms in total. The summed E-state index contributed by atoms with van der Waals surface area (Å²) in [5.74, 6) is 0. The van der Waals surface area contributed by atoms with Crippen molar-refractivity contribution in [1.82, 2.24) is 4.72 Å². The summed E-state index contributed by atoms with van der Waals surface area (Å²) < 4.78 is 34.8. The van der Waals surface area contributed by atoms with Crippen LogP contribution in [0.15, 0.2) is 77.0 Å². The third-order valence-electron chi connectivity index (χ3n) is 4.97. The van der Waals surface area contributed by atoms with Crippen LogP contribution in [0, 0.1) is 6.92 Å². The molecule has 0 spiro atoms. The fourth-order valence-electron chi connectivity index (χ4n) is 2.85. The summed E-state index contributed by atoms with van der Waals surface area (Å²) in [6.07, 6.45) is 4.35. The number of benzene rings is 2. The van der Waals surface area contributed by atoms with E-state index in [4.69, 9.17) is 4.18 Å². The van der Waals surface area contributed by atoms with Crippen molar-refractivity contribution in [3.8, 4) is 0 Å². The van der Waals surface area contributed by atoms with Gasteiger partial charge in [0.25, 0.3) is 0 Å². The molecule has 160 valence electrons. The fraction of sp³-hybridized carbons (Fsp3) is 0.391. The minimum Gasteiger partial charge on any atom is -0.330 e. The fourth-order valence-corrected chi connectivity index (χ4v) is 6.40. The van der Waals surface area contributed by atoms with Gasteiger partial charge in [-0.25, -0.2) is 13.1 Å². The highest BCUT2D eigenvalue weighted by Gasteiger charge is 2.36. The molecule has 0 amide bonds. The van der Waals surface area contributed by atoms with Crippen LogP contribution in [0.1, 0.15) is 32.8 Å². The average molecular weight is 436 g/mol. The topological polar surface area (TPSA) is 55.4 Å². The Bertz CT molecular complexity index is 903. The van der Waals surface area contributed by atoms with E-state index in [9.17, 15) is 8.42 Å². The molecule has 2 aromatic rings. The lowest BCUT2D eigenvalue weighted by molar-refractivity contribution is 0.303. The summed E-state index contributed by atoms with van der Waals surface area (Å²) in [5.41, 5.74) is 1.02. The van der Waals surface area contributed by atoms with Crippen molar-refractivity contribution in [3.63, 3.8) is 0 Å². The van der Waals surface area contributed by atoms with E-state index in [0.717, 1.165) is 10.5 Å². The smallest absolute Gasteiger partial charge is 0.240 e. The second-order valence-electron chi connectivity index (χ2n) is 8.21. The highest BCUT2D eigenvalue weighted by atomic mass is 32.3. The first-order valence-electron chi connectivity index (χ1n) is 9.67. The van der Waals surface area contributed by atoms with E-state index in [1.54, 1.807) is 30.3 Å². The number of hydrogen-bond acceptors (Lipinski definition) is 3. The van der Waals surface area contributed by atoms with Crippen molar-refractivity contribution >= 4 is 20.3 Å². The Morgan fingerprint density at radius 2 is 1.62 bits per heavy atom. The molecule has 2 rings (SSSR count). The van der Waals surface area contributed by atoms with Gasteiger partial charge in [-0.15, -0.1) is 16.9 Å². The lowest BCUT2D eigenvalue weighted by Crippen LogP contribution is -2.39. The van der Waals surface area contributed by atoms with Crippen LogP contribution in [-0.4, -0.2) is 32.1 Å². The molecule has 2 aromatic carbocycles. The van der Waals surface area contributed by atoms with Crippen LogP contribution in [0.2, 0.25) is 0 Å². The summed E-state index contributed by atoms with van der Waals surface area (Å²) in [6.45, 7) is 12.5. The molecule has 6 heteroatoms. The second-order valence-corrected chi connectivity index (χ2v) is 13.5. The summed E-state index contributed by atoms with van der Waals surface area (Å²) >= 11 is 0. The van der Waals surface area contributed by atoms with Crippen molar-refractivity contribution in [2.75, 3.05) is 12.9 Å². The number of sulfonamides is 1. The van der Waals surface area contributed by atoms with Gasteiger partial charge in [0.1, 0.15) is 0 Å². The minimum atomic E-state index is -3.63. The van der Waals surface area contributed by atoms with Gasteiger partial charge < -0.3 is 4.18 Å². The monoisotopic (exact) mass is 435 g/mol. The van der Waals surface area contributed by atoms with Crippen LogP contribution < -0.4 is 4.72 Å². The highest BCUT2D eigenvalue weighted by molar-refractivity contribution is 8.30. The van der Waals surface area contributed by atoms with Gasteiger partial charge in [-0.1, -0.05) is 62.7 Å². The van der Waals surface area contributed by atoms with E-state index in [1.807, 2.05) is 25.1 Å². The first kappa shape index (κ1) is 23.7. The van der Waals surface area contributed by atoms with Crippen LogP contribution in [-0.2, 0) is 14.2 Å². The molecule has 0 aliphatic carbocycles. The van der Waals surface area contributed by atoms with Gasteiger partial charge in [0.05, 0.1) is 17.5 Å². The average Bonchev–Trinajstić information content (AvgIpc) is 2.66. The summed E-state index contributed by atoms with van der Waals surface area (Å²) in [4.78, 5) is 1.40. The molecular weight excluding hydrogens is 402 g/mol. The third-order valence-corrected chi connectivity index (χ3v) is 10.6. The zero-order valence-electron chi connectivity index (χ0n) is 18.0. The molecule has 0 saturated carbocycles. The van der Waals surface area contributed by atoms with Gasteiger partial charge in [0, 0.05) is 9.64 Å². The lowest BCUT2D eigenvalue weighted by atomic mass is 10.2. The van der Waals surface area contributed by atoms with Gasteiger partial charge in [0.2, 0.25) is 10.0 Å². The predicted octanol–water partition coefficient (Wildman–Crippen LogP) is 5.44. The molecule has 0 heterocycles. The summed E-state index contributed by atoms with van der Waals surface area (Å²) in [6, 6.07) is 16.6. The van der Waals surface area contributed by atoms with Crippen molar-refractivity contribution in [2.45, 2.75) is 54.7 Å². The van der Waals surface area contributed by atoms with Gasteiger partial charge in [-0.05, 0) is 43.9 Å². The maximum absolute atomic E-state index is 12.8. The largest absolute Gasteiger partial charge is 0.330 e. The molecular formula is C23H33NO3S2. The minimum absolute atomic E-state index is 0.108. The van der Waals surface area contributed by atoms with E-state index >= 15 is 0 Å². The molecule has 0 radical (unpaired) electrons. The Morgan fingerprint density at radius 1 is 1.03 bits per heavy atom. The molecule has 0 aromatic heterocycles. The Balaban J connectivity index is 2.23. The molecule has 2 atom stereocenters. The van der Waals surface area contributed by atoms with Crippen LogP contribution in [0.25, 0.3) is 0 Å². The number of hydrogen-bond donors (Lipinski definition) is 1. The maximum atomic E-state index is 12.8. The molecule has 0 bridgehead atoms. The first-order valence-corrected chi connectivity index (χ1v) is 13.1. The highest BCUT2D eigenvalue weighted by Crippen LogP contribution is 2.63. The van der Waals surface area contributed by atoms with Crippen LogP contribution >= 0.6 is 10.3 Å². The lowest BCUT2D eigenvalue weighted by Gasteiger charge is -2.47. The van der Waals surface area contributed by atoms with E-state index in [0.29, 0.717) is 6.42 Å². The van der Waals surface area contributed by atoms with Crippen molar-refractivity contribution in [1.29, 1.82) is 0 Å². The maximum Gasteiger partial charge on any atom is 0.240 e. The van der Waals surface area contributed by atoms with Crippen LogP contribution in [0.5, 0.6) is 0 Å². The van der Waals surface area contributed by atoms with Gasteiger partial charge >= 0.3 is 0 Å². The van der Waals surface area contributed by atoms with Crippen molar-refractivity contribution < 1.29 is 12.6 Å². The number of rotatable bonds is 9. The predicted molar refractivity (Wildman–Crippen MR) is 124 cm³/mol. The van der Waals surface area contributed by atoms with Crippen LogP contribution in [0.4, 0.5) is 0 Å². The molecule has 2 unspecified atom stereocenters. The SMILES string of the molecule is C=CCC(COS(C)(c1ccccc1)C(C)(C)C)NS(=O)(=O)c1ccc(C)cc1. The third kappa shape index (κ3) is 5.95. The quantitative estimate of drug-likeness (QED) is 0.534. The molecule has 1 N–H and O–H groups in total. The van der Waals surface area contributed by atoms with Crippen LogP contribution in [0.3, 0.4) is 0 Å². The summed E-state index contributed by atoms with van der Waals surface area (Å²) in [7, 11) is -5.28. The number of nitrogens with one attached hydrogen (secondary N) is 1. The molecule has 0 fully saturated rings. The van der Waals surface area contributed by atoms with Gasteiger partial charge in [-0.3, -0.25) is 0 Å². The summed E-state index contributed by atoms with van der Waals surface area (Å²) in [5, 5.41) is 0. The molecule has 0 aliphatic rings. The van der Waals surface area contributed by atoms with Crippen molar-refractivity contribution in [3.05, 3.63) is 72.8 Å². The Labute approximate surface area is 178 Å². The molecule has 0 saturated heterocycles. The standard InChI is InChI=1S/C23H33NO3S2/c1-7-11-20(24-29(25,26)22-16-14-19(2)15-17-22)18-27-28(6,23(3,4)5)21-12-9-8-10-13-21/h7-10,12-17,20,24H,1,11,18H2,2-6H3. The van der Waals surface area contributed by atoms with E-state index in [-0.39, 0.29) is 16.2 Å². The Morgan fingerprint density at radius 3 is 2.14 bits per heavy atom. The first-order chi connectivity index (χ1) is 13.5. The van der Waals surface area contributed by atoms with Gasteiger partial charge in [0.15, 0.2) is 0 Å². The van der Waals surface area contributed by atoms with E-state index < -0.39 is 26.4 Å². The Kier molecular flexibility index (Phi) is 7.74. The molecule has 0 aliphatic heterocycles.